The zero-order valence-electron chi connectivity index (χ0n) is 10.9. The minimum Gasteiger partial charge on any atom is -0.338 e. The molecule has 1 amide bonds. The predicted molar refractivity (Wildman–Crippen MR) is 76.5 cm³/mol. The van der Waals surface area contributed by atoms with Crippen molar-refractivity contribution >= 4 is 21.8 Å². The van der Waals surface area contributed by atoms with Crippen molar-refractivity contribution in [1.29, 1.82) is 0 Å². The molecule has 0 saturated carbocycles. The van der Waals surface area contributed by atoms with Crippen LogP contribution in [-0.4, -0.2) is 35.4 Å². The highest BCUT2D eigenvalue weighted by Gasteiger charge is 2.43. The normalized spacial score (nSPS) is 22.2. The number of aromatic nitrogens is 1. The van der Waals surface area contributed by atoms with E-state index in [1.165, 1.54) is 0 Å². The van der Waals surface area contributed by atoms with Crippen LogP contribution in [0.2, 0.25) is 0 Å². The van der Waals surface area contributed by atoms with Gasteiger partial charge >= 0.3 is 0 Å². The minimum absolute atomic E-state index is 0.224. The Hall–Kier alpha value is -0.940. The summed E-state index contributed by atoms with van der Waals surface area (Å²) < 4.78 is 0.966. The Balaban J connectivity index is 1.70. The highest BCUT2D eigenvalue weighted by molar-refractivity contribution is 9.10. The van der Waals surface area contributed by atoms with Crippen LogP contribution in [-0.2, 0) is 11.3 Å². The standard InChI is InChI=1S/C14H18BrN3O/c15-12-5-11(7-17-8-12)9-18-10-14(6-13(18)19)1-3-16-4-2-14/h5,7-8,16H,1-4,6,9-10H2. The maximum absolute atomic E-state index is 12.2. The third kappa shape index (κ3) is 2.82. The maximum atomic E-state index is 12.2. The summed E-state index contributed by atoms with van der Waals surface area (Å²) in [5.41, 5.74) is 1.32. The lowest BCUT2D eigenvalue weighted by Gasteiger charge is -2.33. The van der Waals surface area contributed by atoms with E-state index in [0.717, 1.165) is 48.9 Å². The molecule has 1 aromatic rings. The number of nitrogens with one attached hydrogen (secondary N) is 1. The Morgan fingerprint density at radius 2 is 2.16 bits per heavy atom. The zero-order chi connectivity index (χ0) is 13.3. The summed E-state index contributed by atoms with van der Waals surface area (Å²) in [5, 5.41) is 3.38. The molecule has 1 N–H and O–H groups in total. The van der Waals surface area contributed by atoms with Crippen molar-refractivity contribution in [3.8, 4) is 0 Å². The van der Waals surface area contributed by atoms with E-state index in [2.05, 4.69) is 26.2 Å². The van der Waals surface area contributed by atoms with Crippen LogP contribution < -0.4 is 5.32 Å². The van der Waals surface area contributed by atoms with Gasteiger partial charge in [-0.2, -0.15) is 0 Å². The largest absolute Gasteiger partial charge is 0.338 e. The highest BCUT2D eigenvalue weighted by Crippen LogP contribution is 2.39. The van der Waals surface area contributed by atoms with Crippen molar-refractivity contribution in [2.24, 2.45) is 5.41 Å². The monoisotopic (exact) mass is 323 g/mol. The van der Waals surface area contributed by atoms with Crippen molar-refractivity contribution in [2.75, 3.05) is 19.6 Å². The fraction of sp³-hybridized carbons (Fsp3) is 0.571. The number of likely N-dealkylation sites (tertiary alicyclic amines) is 1. The Labute approximate surface area is 121 Å². The molecule has 4 nitrogen and oxygen atoms in total. The molecule has 5 heteroatoms. The molecule has 2 aliphatic heterocycles. The first-order chi connectivity index (χ1) is 9.17. The smallest absolute Gasteiger partial charge is 0.223 e. The fourth-order valence-corrected chi connectivity index (χ4v) is 3.59. The zero-order valence-corrected chi connectivity index (χ0v) is 12.4. The first-order valence-electron chi connectivity index (χ1n) is 6.75. The lowest BCUT2D eigenvalue weighted by Crippen LogP contribution is -2.38. The van der Waals surface area contributed by atoms with Crippen molar-refractivity contribution in [2.45, 2.75) is 25.8 Å². The Bertz CT molecular complexity index is 485. The topological polar surface area (TPSA) is 45.2 Å². The maximum Gasteiger partial charge on any atom is 0.223 e. The molecule has 0 atom stereocenters. The van der Waals surface area contributed by atoms with Crippen LogP contribution in [0.15, 0.2) is 22.9 Å². The van der Waals surface area contributed by atoms with Gasteiger partial charge in [0.1, 0.15) is 0 Å². The number of carbonyl (C=O) groups is 1. The van der Waals surface area contributed by atoms with Gasteiger partial charge in [0.25, 0.3) is 0 Å². The van der Waals surface area contributed by atoms with Crippen molar-refractivity contribution in [3.63, 3.8) is 0 Å². The summed E-state index contributed by atoms with van der Waals surface area (Å²) in [7, 11) is 0. The lowest BCUT2D eigenvalue weighted by molar-refractivity contribution is -0.128. The van der Waals surface area contributed by atoms with Crippen LogP contribution in [0.25, 0.3) is 0 Å². The van der Waals surface area contributed by atoms with Gasteiger partial charge in [-0.3, -0.25) is 9.78 Å². The van der Waals surface area contributed by atoms with Gasteiger partial charge in [-0.25, -0.2) is 0 Å². The lowest BCUT2D eigenvalue weighted by atomic mass is 9.78. The number of carbonyl (C=O) groups excluding carboxylic acids is 1. The van der Waals surface area contributed by atoms with Crippen LogP contribution in [0, 0.1) is 5.41 Å². The molecule has 19 heavy (non-hydrogen) atoms. The number of hydrogen-bond acceptors (Lipinski definition) is 3. The second kappa shape index (κ2) is 5.21. The van der Waals surface area contributed by atoms with E-state index in [4.69, 9.17) is 0 Å². The fourth-order valence-electron chi connectivity index (χ4n) is 3.18. The molecule has 102 valence electrons. The highest BCUT2D eigenvalue weighted by atomic mass is 79.9. The van der Waals surface area contributed by atoms with Crippen molar-refractivity contribution in [1.82, 2.24) is 15.2 Å². The second-order valence-electron chi connectivity index (χ2n) is 5.69. The van der Waals surface area contributed by atoms with E-state index < -0.39 is 0 Å². The van der Waals surface area contributed by atoms with Gasteiger partial charge in [0.05, 0.1) is 0 Å². The minimum atomic E-state index is 0.224. The summed E-state index contributed by atoms with van der Waals surface area (Å²) >= 11 is 3.42. The van der Waals surface area contributed by atoms with Gasteiger partial charge in [-0.05, 0) is 58.9 Å². The molecule has 0 aliphatic carbocycles. The molecule has 2 fully saturated rings. The van der Waals surface area contributed by atoms with E-state index in [-0.39, 0.29) is 5.41 Å². The summed E-state index contributed by atoms with van der Waals surface area (Å²) in [6, 6.07) is 2.04. The molecule has 3 rings (SSSR count). The molecular formula is C14H18BrN3O. The number of amides is 1. The van der Waals surface area contributed by atoms with E-state index in [1.54, 1.807) is 6.20 Å². The predicted octanol–water partition coefficient (Wildman–Crippen LogP) is 1.95. The van der Waals surface area contributed by atoms with E-state index >= 15 is 0 Å². The number of piperidine rings is 1. The molecule has 3 heterocycles. The van der Waals surface area contributed by atoms with Gasteiger partial charge in [0.2, 0.25) is 5.91 Å². The quantitative estimate of drug-likeness (QED) is 0.904. The summed E-state index contributed by atoms with van der Waals surface area (Å²) in [6.45, 7) is 3.67. The first-order valence-corrected chi connectivity index (χ1v) is 7.54. The SMILES string of the molecule is O=C1CC2(CCNCC2)CN1Cc1cncc(Br)c1. The molecule has 0 bridgehead atoms. The van der Waals surface area contributed by atoms with Gasteiger partial charge in [0.15, 0.2) is 0 Å². The third-order valence-corrected chi connectivity index (χ3v) is 4.64. The van der Waals surface area contributed by atoms with Gasteiger partial charge in [-0.1, -0.05) is 0 Å². The first kappa shape index (κ1) is 13.1. The van der Waals surface area contributed by atoms with Crippen molar-refractivity contribution in [3.05, 3.63) is 28.5 Å². The molecule has 2 aliphatic rings. The Morgan fingerprint density at radius 3 is 2.89 bits per heavy atom. The van der Waals surface area contributed by atoms with Crippen LogP contribution in [0.5, 0.6) is 0 Å². The molecule has 2 saturated heterocycles. The van der Waals surface area contributed by atoms with E-state index in [0.29, 0.717) is 12.5 Å². The molecule has 1 spiro atoms. The van der Waals surface area contributed by atoms with E-state index in [1.807, 2.05) is 17.2 Å². The van der Waals surface area contributed by atoms with Gasteiger partial charge in [0, 0.05) is 36.4 Å². The summed E-state index contributed by atoms with van der Waals surface area (Å²) in [6.07, 6.45) is 6.56. The number of pyridine rings is 1. The average Bonchev–Trinajstić information content (AvgIpc) is 2.66. The number of nitrogens with zero attached hydrogens (tertiary/aromatic N) is 2. The molecule has 1 aromatic heterocycles. The molecule has 0 unspecified atom stereocenters. The molecule has 0 aromatic carbocycles. The third-order valence-electron chi connectivity index (χ3n) is 4.20. The number of hydrogen-bond donors (Lipinski definition) is 1. The number of halogens is 1. The van der Waals surface area contributed by atoms with Gasteiger partial charge in [-0.15, -0.1) is 0 Å². The Kier molecular flexibility index (Phi) is 3.58. The summed E-state index contributed by atoms with van der Waals surface area (Å²) in [4.78, 5) is 18.4. The average molecular weight is 324 g/mol. The Morgan fingerprint density at radius 1 is 1.37 bits per heavy atom. The van der Waals surface area contributed by atoms with Crippen LogP contribution >= 0.6 is 15.9 Å². The number of rotatable bonds is 2. The molecule has 0 radical (unpaired) electrons. The van der Waals surface area contributed by atoms with Crippen LogP contribution in [0.3, 0.4) is 0 Å². The van der Waals surface area contributed by atoms with Crippen molar-refractivity contribution < 1.29 is 4.79 Å². The second-order valence-corrected chi connectivity index (χ2v) is 6.60. The van der Waals surface area contributed by atoms with Crippen LogP contribution in [0.1, 0.15) is 24.8 Å². The molecular weight excluding hydrogens is 306 g/mol. The van der Waals surface area contributed by atoms with Crippen LogP contribution in [0.4, 0.5) is 0 Å². The summed E-state index contributed by atoms with van der Waals surface area (Å²) in [5.74, 6) is 0.293. The van der Waals surface area contributed by atoms with E-state index in [9.17, 15) is 4.79 Å². The van der Waals surface area contributed by atoms with Gasteiger partial charge < -0.3 is 10.2 Å².